The molecular weight excluding hydrogens is 431 g/mol. The average Bonchev–Trinajstić information content (AvgIpc) is 3.13. The van der Waals surface area contributed by atoms with Crippen LogP contribution in [0.1, 0.15) is 98.3 Å². The topological polar surface area (TPSA) is 38.7 Å². The second-order valence-corrected chi connectivity index (χ2v) is 14.0. The van der Waals surface area contributed by atoms with Crippen molar-refractivity contribution >= 4 is 7.48 Å². The highest BCUT2D eigenvalue weighted by Crippen LogP contribution is 2.72. The van der Waals surface area contributed by atoms with Gasteiger partial charge in [-0.25, -0.2) is 0 Å². The summed E-state index contributed by atoms with van der Waals surface area (Å²) in [5, 5.41) is 10.6. The molecule has 1 aliphatic heterocycles. The largest absolute Gasteiger partial charge is 0.433 e. The van der Waals surface area contributed by atoms with Crippen molar-refractivity contribution in [3.05, 3.63) is 24.3 Å². The van der Waals surface area contributed by atoms with Crippen LogP contribution in [0.5, 0.6) is 0 Å². The summed E-state index contributed by atoms with van der Waals surface area (Å²) in [6, 6.07) is 0. The predicted molar refractivity (Wildman–Crippen MR) is 142 cm³/mol. The molecule has 4 heteroatoms. The van der Waals surface area contributed by atoms with E-state index in [1.165, 1.54) is 64.2 Å². The second kappa shape index (κ2) is 9.02. The first-order chi connectivity index (χ1) is 16.7. The Bertz CT molecular complexity index is 813. The molecule has 35 heavy (non-hydrogen) atoms. The Morgan fingerprint density at radius 1 is 0.800 bits per heavy atom. The van der Waals surface area contributed by atoms with Crippen molar-refractivity contribution in [2.75, 3.05) is 0 Å². The Morgan fingerprint density at radius 2 is 1.43 bits per heavy atom. The third kappa shape index (κ3) is 3.86. The fourth-order valence-corrected chi connectivity index (χ4v) is 9.79. The molecule has 3 saturated carbocycles. The lowest BCUT2D eigenvalue weighted by Crippen LogP contribution is -2.62. The van der Waals surface area contributed by atoms with Gasteiger partial charge in [-0.1, -0.05) is 43.6 Å². The van der Waals surface area contributed by atoms with E-state index < -0.39 is 11.2 Å². The van der Waals surface area contributed by atoms with E-state index in [2.05, 4.69) is 31.8 Å². The summed E-state index contributed by atoms with van der Waals surface area (Å²) >= 11 is 0. The van der Waals surface area contributed by atoms with Gasteiger partial charge in [0.1, 0.15) is 0 Å². The molecule has 4 fully saturated rings. The van der Waals surface area contributed by atoms with Gasteiger partial charge in [-0.2, -0.15) is 0 Å². The summed E-state index contributed by atoms with van der Waals surface area (Å²) in [4.78, 5) is 0. The summed E-state index contributed by atoms with van der Waals surface area (Å²) < 4.78 is 13.4. The number of fused-ring (bicyclic) bond motifs is 9. The fraction of sp³-hybridized carbons (Fsp3) is 0.871. The van der Waals surface area contributed by atoms with Gasteiger partial charge in [0.05, 0.1) is 23.4 Å². The van der Waals surface area contributed by atoms with Crippen molar-refractivity contribution in [2.45, 2.75) is 128 Å². The molecule has 0 aromatic carbocycles. The maximum Gasteiger partial charge on any atom is 0.296 e. The minimum absolute atomic E-state index is 0.370. The minimum atomic E-state index is -0.877. The van der Waals surface area contributed by atoms with E-state index >= 15 is 0 Å². The third-order valence-electron chi connectivity index (χ3n) is 11.9. The molecule has 0 amide bonds. The zero-order valence-corrected chi connectivity index (χ0v) is 22.6. The standard InChI is InChI=1S/C31H48BO3/c1-29(2,33)30(3,4)35-32-20-17-18-26-28(19-20)34-27-16-10-9-15-25(27)31(26)23-13-7-5-11-21(23)22-12-6-8-14-24(22)31/h5-6,11-12,20-28,33H,7-10,13-19H2,1-4H3. The molecule has 1 radical (unpaired) electrons. The number of rotatable bonds is 4. The van der Waals surface area contributed by atoms with E-state index in [0.717, 1.165) is 36.0 Å². The monoisotopic (exact) mass is 479 g/mol. The molecule has 6 aliphatic rings. The van der Waals surface area contributed by atoms with Gasteiger partial charge in [0, 0.05) is 0 Å². The summed E-state index contributed by atoms with van der Waals surface area (Å²) in [5.41, 5.74) is -1.00. The lowest BCUT2D eigenvalue weighted by Gasteiger charge is -2.63. The van der Waals surface area contributed by atoms with E-state index in [0.29, 0.717) is 29.4 Å². The normalized spacial score (nSPS) is 47.1. The molecule has 0 bridgehead atoms. The summed E-state index contributed by atoms with van der Waals surface area (Å²) in [5.74, 6) is 5.09. The molecule has 5 aliphatic carbocycles. The summed E-state index contributed by atoms with van der Waals surface area (Å²) in [7, 11) is 2.07. The van der Waals surface area contributed by atoms with Crippen molar-refractivity contribution in [1.29, 1.82) is 0 Å². The molecule has 1 N–H and O–H groups in total. The van der Waals surface area contributed by atoms with Crippen molar-refractivity contribution in [3.8, 4) is 0 Å². The van der Waals surface area contributed by atoms with Crippen molar-refractivity contribution < 1.29 is 14.5 Å². The Kier molecular flexibility index (Phi) is 6.38. The first kappa shape index (κ1) is 24.7. The van der Waals surface area contributed by atoms with Crippen LogP contribution in [0.3, 0.4) is 0 Å². The van der Waals surface area contributed by atoms with E-state index in [-0.39, 0.29) is 0 Å². The molecule has 0 aromatic heterocycles. The summed E-state index contributed by atoms with van der Waals surface area (Å²) in [6.45, 7) is 7.69. The maximum absolute atomic E-state index is 10.6. The molecule has 3 nitrogen and oxygen atoms in total. The number of aliphatic hydroxyl groups is 1. The van der Waals surface area contributed by atoms with Crippen molar-refractivity contribution in [2.24, 2.45) is 40.9 Å². The predicted octanol–water partition coefficient (Wildman–Crippen LogP) is 6.88. The number of hydrogen-bond donors (Lipinski definition) is 1. The van der Waals surface area contributed by atoms with Gasteiger partial charge in [-0.15, -0.1) is 0 Å². The van der Waals surface area contributed by atoms with E-state index in [1.54, 1.807) is 0 Å². The molecule has 1 heterocycles. The molecule has 9 atom stereocenters. The van der Waals surface area contributed by atoms with E-state index in [1.807, 2.05) is 27.7 Å². The molecule has 6 rings (SSSR count). The second-order valence-electron chi connectivity index (χ2n) is 14.0. The van der Waals surface area contributed by atoms with Gasteiger partial charge in [-0.3, -0.25) is 0 Å². The molecule has 9 unspecified atom stereocenters. The highest BCUT2D eigenvalue weighted by atomic mass is 16.5. The van der Waals surface area contributed by atoms with Crippen LogP contribution in [0.2, 0.25) is 5.82 Å². The van der Waals surface area contributed by atoms with Crippen molar-refractivity contribution in [3.63, 3.8) is 0 Å². The third-order valence-corrected chi connectivity index (χ3v) is 11.9. The smallest absolute Gasteiger partial charge is 0.296 e. The van der Waals surface area contributed by atoms with Crippen LogP contribution in [0.25, 0.3) is 0 Å². The Balaban J connectivity index is 1.30. The Morgan fingerprint density at radius 3 is 2.09 bits per heavy atom. The lowest BCUT2D eigenvalue weighted by atomic mass is 9.45. The maximum atomic E-state index is 10.6. The molecule has 0 aromatic rings. The van der Waals surface area contributed by atoms with Crippen LogP contribution in [-0.4, -0.2) is 36.0 Å². The van der Waals surface area contributed by atoms with E-state index in [4.69, 9.17) is 9.39 Å². The van der Waals surface area contributed by atoms with Crippen LogP contribution in [0, 0.1) is 40.9 Å². The van der Waals surface area contributed by atoms with Crippen LogP contribution in [-0.2, 0) is 9.39 Å². The van der Waals surface area contributed by atoms with Gasteiger partial charge in [0.25, 0.3) is 7.48 Å². The van der Waals surface area contributed by atoms with Gasteiger partial charge in [-0.05, 0) is 126 Å². The van der Waals surface area contributed by atoms with Gasteiger partial charge < -0.3 is 14.5 Å². The fourth-order valence-electron chi connectivity index (χ4n) is 9.79. The first-order valence-electron chi connectivity index (χ1n) is 15.0. The Hall–Kier alpha value is -0.575. The van der Waals surface area contributed by atoms with E-state index in [9.17, 15) is 5.11 Å². The van der Waals surface area contributed by atoms with Gasteiger partial charge in [0.2, 0.25) is 0 Å². The molecule has 1 saturated heterocycles. The minimum Gasteiger partial charge on any atom is -0.433 e. The zero-order chi connectivity index (χ0) is 24.4. The average molecular weight is 480 g/mol. The summed E-state index contributed by atoms with van der Waals surface area (Å²) in [6.07, 6.45) is 25.5. The van der Waals surface area contributed by atoms with Crippen LogP contribution >= 0.6 is 0 Å². The Labute approximate surface area is 214 Å². The molecule has 1 spiro atoms. The van der Waals surface area contributed by atoms with Gasteiger partial charge >= 0.3 is 0 Å². The van der Waals surface area contributed by atoms with Crippen molar-refractivity contribution in [1.82, 2.24) is 0 Å². The number of ether oxygens (including phenoxy) is 1. The highest BCUT2D eigenvalue weighted by Gasteiger charge is 2.69. The lowest BCUT2D eigenvalue weighted by molar-refractivity contribution is -0.239. The van der Waals surface area contributed by atoms with Crippen LogP contribution in [0.15, 0.2) is 24.3 Å². The van der Waals surface area contributed by atoms with Crippen LogP contribution < -0.4 is 0 Å². The SMILES string of the molecule is CC(C)(O)C(C)(C)O[B]C1CCC2C(C1)OC1CCCCC1C21C2CCC=CC2C2C=CCCC21. The highest BCUT2D eigenvalue weighted by molar-refractivity contribution is 6.29. The quantitative estimate of drug-likeness (QED) is 0.353. The number of allylic oxidation sites excluding steroid dienone is 4. The number of hydrogen-bond acceptors (Lipinski definition) is 3. The molecule has 193 valence electrons. The van der Waals surface area contributed by atoms with Crippen LogP contribution in [0.4, 0.5) is 0 Å². The van der Waals surface area contributed by atoms with Gasteiger partial charge in [0.15, 0.2) is 0 Å². The molecular formula is C31H48BO3. The first-order valence-corrected chi connectivity index (χ1v) is 15.0. The zero-order valence-electron chi connectivity index (χ0n) is 22.6.